The van der Waals surface area contributed by atoms with Gasteiger partial charge in [0.25, 0.3) is 0 Å². The lowest BCUT2D eigenvalue weighted by Crippen LogP contribution is -2.46. The smallest absolute Gasteiger partial charge is 0.306 e. The molecule has 0 saturated carbocycles. The highest BCUT2D eigenvalue weighted by Crippen LogP contribution is 2.18. The normalized spacial score (nSPS) is 13.5. The van der Waals surface area contributed by atoms with Gasteiger partial charge in [0.05, 0.1) is 25.2 Å². The second-order valence-electron chi connectivity index (χ2n) is 18.3. The number of amides is 1. The summed E-state index contributed by atoms with van der Waals surface area (Å²) < 4.78 is 5.92. The molecule has 0 radical (unpaired) electrons. The van der Waals surface area contributed by atoms with Crippen molar-refractivity contribution < 1.29 is 24.5 Å². The van der Waals surface area contributed by atoms with Crippen molar-refractivity contribution in [3.05, 3.63) is 36.5 Å². The first kappa shape index (κ1) is 59.1. The molecule has 358 valence electrons. The highest BCUT2D eigenvalue weighted by molar-refractivity contribution is 5.77. The van der Waals surface area contributed by atoms with E-state index in [0.717, 1.165) is 70.6 Å². The molecule has 0 aromatic rings. The van der Waals surface area contributed by atoms with E-state index in [1.165, 1.54) is 161 Å². The van der Waals surface area contributed by atoms with Gasteiger partial charge < -0.3 is 20.3 Å². The summed E-state index contributed by atoms with van der Waals surface area (Å²) in [4.78, 5) is 26.1. The SMILES string of the molecule is CCCCCCC/C=C/C=C/C=C/CCCCCC(CC(=O)NC(CO)C(O)CCCCCCCCCCCCCCCC)OC(=O)CCCCCCCCCCCCCC. The van der Waals surface area contributed by atoms with Gasteiger partial charge in [-0.05, 0) is 51.4 Å². The number of esters is 1. The summed E-state index contributed by atoms with van der Waals surface area (Å²) in [6.45, 7) is 6.47. The fourth-order valence-electron chi connectivity index (χ4n) is 8.20. The van der Waals surface area contributed by atoms with E-state index >= 15 is 0 Å². The van der Waals surface area contributed by atoms with Gasteiger partial charge in [0, 0.05) is 6.42 Å². The Morgan fingerprint density at radius 3 is 1.26 bits per heavy atom. The van der Waals surface area contributed by atoms with Gasteiger partial charge in [0.2, 0.25) is 5.91 Å². The van der Waals surface area contributed by atoms with E-state index in [0.29, 0.717) is 19.3 Å². The van der Waals surface area contributed by atoms with Crippen molar-refractivity contribution in [1.29, 1.82) is 0 Å². The van der Waals surface area contributed by atoms with Crippen LogP contribution >= 0.6 is 0 Å². The van der Waals surface area contributed by atoms with E-state index in [4.69, 9.17) is 4.74 Å². The number of hydrogen-bond acceptors (Lipinski definition) is 5. The van der Waals surface area contributed by atoms with Crippen molar-refractivity contribution in [3.63, 3.8) is 0 Å². The van der Waals surface area contributed by atoms with E-state index in [1.54, 1.807) is 0 Å². The predicted octanol–water partition coefficient (Wildman–Crippen LogP) is 16.1. The summed E-state index contributed by atoms with van der Waals surface area (Å²) in [5.41, 5.74) is 0. The topological polar surface area (TPSA) is 95.9 Å². The van der Waals surface area contributed by atoms with Gasteiger partial charge in [0.15, 0.2) is 0 Å². The minimum atomic E-state index is -0.794. The number of unbranched alkanes of at least 4 members (excludes halogenated alkanes) is 32. The molecule has 0 saturated heterocycles. The van der Waals surface area contributed by atoms with Crippen LogP contribution in [0.4, 0.5) is 0 Å². The number of ether oxygens (including phenoxy) is 1. The average Bonchev–Trinajstić information content (AvgIpc) is 3.25. The number of carbonyl (C=O) groups excluding carboxylic acids is 2. The fourth-order valence-corrected chi connectivity index (χ4v) is 8.20. The Bertz CT molecular complexity index is 1010. The highest BCUT2D eigenvalue weighted by Gasteiger charge is 2.24. The standard InChI is InChI=1S/C55H103NO5/c1-4-7-10-13-16-19-22-25-27-28-29-31-34-37-40-43-46-51(61-55(60)48-45-42-39-36-33-24-21-18-15-12-9-6-3)49-54(59)56-52(50-57)53(58)47-44-41-38-35-32-30-26-23-20-17-14-11-8-5-2/h22,25,27-29,31,51-53,57-58H,4-21,23-24,26,30,32-50H2,1-3H3,(H,56,59)/b25-22+,28-27+,31-29+. The molecule has 3 N–H and O–H groups in total. The van der Waals surface area contributed by atoms with Crippen LogP contribution in [0.5, 0.6) is 0 Å². The molecule has 0 rings (SSSR count). The third kappa shape index (κ3) is 44.5. The van der Waals surface area contributed by atoms with Crippen LogP contribution in [0.15, 0.2) is 36.5 Å². The van der Waals surface area contributed by atoms with E-state index in [-0.39, 0.29) is 24.9 Å². The first-order chi connectivity index (χ1) is 30.0. The van der Waals surface area contributed by atoms with Crippen molar-refractivity contribution in [1.82, 2.24) is 5.32 Å². The molecule has 1 amide bonds. The maximum atomic E-state index is 13.2. The molecular weight excluding hydrogens is 755 g/mol. The molecule has 0 bridgehead atoms. The Morgan fingerprint density at radius 2 is 0.836 bits per heavy atom. The summed E-state index contributed by atoms with van der Waals surface area (Å²) >= 11 is 0. The molecule has 0 aromatic carbocycles. The van der Waals surface area contributed by atoms with Crippen molar-refractivity contribution in [3.8, 4) is 0 Å². The monoisotopic (exact) mass is 858 g/mol. The van der Waals surface area contributed by atoms with Gasteiger partial charge in [-0.15, -0.1) is 0 Å². The van der Waals surface area contributed by atoms with Gasteiger partial charge in [-0.2, -0.15) is 0 Å². The minimum absolute atomic E-state index is 0.0587. The Morgan fingerprint density at radius 1 is 0.475 bits per heavy atom. The highest BCUT2D eigenvalue weighted by atomic mass is 16.5. The third-order valence-corrected chi connectivity index (χ3v) is 12.3. The summed E-state index contributed by atoms with van der Waals surface area (Å²) in [6, 6.07) is -0.709. The van der Waals surface area contributed by atoms with Gasteiger partial charge in [-0.1, -0.05) is 250 Å². The van der Waals surface area contributed by atoms with Crippen LogP contribution in [0.1, 0.15) is 278 Å². The lowest BCUT2D eigenvalue weighted by atomic mass is 10.0. The fraction of sp³-hybridized carbons (Fsp3) is 0.855. The zero-order valence-electron chi connectivity index (χ0n) is 40.8. The number of aliphatic hydroxyl groups excluding tert-OH is 2. The second kappa shape index (κ2) is 49.1. The lowest BCUT2D eigenvalue weighted by Gasteiger charge is -2.24. The van der Waals surface area contributed by atoms with Crippen LogP contribution in [-0.2, 0) is 14.3 Å². The molecule has 3 unspecified atom stereocenters. The quantitative estimate of drug-likeness (QED) is 0.0322. The van der Waals surface area contributed by atoms with Crippen LogP contribution in [-0.4, -0.2) is 46.9 Å². The summed E-state index contributed by atoms with van der Waals surface area (Å²) in [5, 5.41) is 23.8. The van der Waals surface area contributed by atoms with Crippen LogP contribution in [0, 0.1) is 0 Å². The number of allylic oxidation sites excluding steroid dienone is 6. The minimum Gasteiger partial charge on any atom is -0.462 e. The van der Waals surface area contributed by atoms with Gasteiger partial charge >= 0.3 is 5.97 Å². The van der Waals surface area contributed by atoms with E-state index in [2.05, 4.69) is 62.5 Å². The number of nitrogens with one attached hydrogen (secondary N) is 1. The molecule has 0 aliphatic heterocycles. The molecule has 0 spiro atoms. The first-order valence-electron chi connectivity index (χ1n) is 26.7. The zero-order chi connectivity index (χ0) is 44.5. The molecule has 6 heteroatoms. The molecule has 3 atom stereocenters. The number of rotatable bonds is 48. The van der Waals surface area contributed by atoms with Gasteiger partial charge in [0.1, 0.15) is 6.10 Å². The van der Waals surface area contributed by atoms with E-state index < -0.39 is 18.2 Å². The van der Waals surface area contributed by atoms with Crippen LogP contribution in [0.2, 0.25) is 0 Å². The van der Waals surface area contributed by atoms with Crippen LogP contribution < -0.4 is 5.32 Å². The van der Waals surface area contributed by atoms with Crippen LogP contribution in [0.25, 0.3) is 0 Å². The first-order valence-corrected chi connectivity index (χ1v) is 26.7. The van der Waals surface area contributed by atoms with Gasteiger partial charge in [-0.3, -0.25) is 9.59 Å². The molecule has 0 fully saturated rings. The Labute approximate surface area is 379 Å². The molecule has 61 heavy (non-hydrogen) atoms. The number of carbonyl (C=O) groups is 2. The average molecular weight is 858 g/mol. The van der Waals surface area contributed by atoms with Crippen LogP contribution in [0.3, 0.4) is 0 Å². The van der Waals surface area contributed by atoms with Gasteiger partial charge in [-0.25, -0.2) is 0 Å². The van der Waals surface area contributed by atoms with Crippen molar-refractivity contribution in [2.75, 3.05) is 6.61 Å². The molecule has 0 aliphatic carbocycles. The Kier molecular flexibility index (Phi) is 47.6. The molecule has 0 heterocycles. The molecule has 0 aliphatic rings. The second-order valence-corrected chi connectivity index (χ2v) is 18.3. The lowest BCUT2D eigenvalue weighted by molar-refractivity contribution is -0.151. The maximum Gasteiger partial charge on any atom is 0.306 e. The third-order valence-electron chi connectivity index (χ3n) is 12.3. The van der Waals surface area contributed by atoms with Crippen molar-refractivity contribution >= 4 is 11.9 Å². The van der Waals surface area contributed by atoms with Crippen molar-refractivity contribution in [2.45, 2.75) is 296 Å². The number of hydrogen-bond donors (Lipinski definition) is 3. The van der Waals surface area contributed by atoms with Crippen molar-refractivity contribution in [2.24, 2.45) is 0 Å². The summed E-state index contributed by atoms with van der Waals surface area (Å²) in [5.74, 6) is -0.496. The Hall–Kier alpha value is -1.92. The summed E-state index contributed by atoms with van der Waals surface area (Å²) in [6.07, 6.45) is 57.7. The van der Waals surface area contributed by atoms with E-state index in [9.17, 15) is 19.8 Å². The van der Waals surface area contributed by atoms with E-state index in [1.807, 2.05) is 0 Å². The molecular formula is C55H103NO5. The maximum absolute atomic E-state index is 13.2. The Balaban J connectivity index is 4.62. The predicted molar refractivity (Wildman–Crippen MR) is 264 cm³/mol. The molecule has 0 aromatic heterocycles. The summed E-state index contributed by atoms with van der Waals surface area (Å²) in [7, 11) is 0. The zero-order valence-corrected chi connectivity index (χ0v) is 40.8. The largest absolute Gasteiger partial charge is 0.462 e. The molecule has 6 nitrogen and oxygen atoms in total. The number of aliphatic hydroxyl groups is 2.